The molecule has 0 aliphatic rings. The van der Waals surface area contributed by atoms with Crippen LogP contribution in [0.15, 0.2) is 79.0 Å². The van der Waals surface area contributed by atoms with E-state index in [0.29, 0.717) is 17.5 Å². The molecule has 0 aliphatic heterocycles. The summed E-state index contributed by atoms with van der Waals surface area (Å²) >= 11 is 5.86. The first-order valence-electron chi connectivity index (χ1n) is 10.6. The first-order chi connectivity index (χ1) is 16.5. The Morgan fingerprint density at radius 3 is 2.59 bits per heavy atom. The van der Waals surface area contributed by atoms with Gasteiger partial charge in [0.15, 0.2) is 17.7 Å². The highest BCUT2D eigenvalue weighted by Gasteiger charge is 2.25. The van der Waals surface area contributed by atoms with Crippen LogP contribution in [0.5, 0.6) is 0 Å². The molecule has 7 heteroatoms. The number of nitrogens with zero attached hydrogens (tertiary/aromatic N) is 2. The van der Waals surface area contributed by atoms with E-state index in [1.807, 2.05) is 36.4 Å². The molecule has 2 aromatic heterocycles. The van der Waals surface area contributed by atoms with Gasteiger partial charge in [0.25, 0.3) is 0 Å². The number of hydrogen-bond donors (Lipinski definition) is 1. The second kappa shape index (κ2) is 9.05. The number of halogens is 3. The molecular weight excluding hydrogens is 454 g/mol. The topological polar surface area (TPSA) is 66.6 Å². The molecule has 5 rings (SSSR count). The van der Waals surface area contributed by atoms with Crippen molar-refractivity contribution in [3.05, 3.63) is 118 Å². The van der Waals surface area contributed by atoms with Gasteiger partial charge in [-0.25, -0.2) is 18.7 Å². The van der Waals surface area contributed by atoms with Crippen molar-refractivity contribution >= 4 is 22.6 Å². The summed E-state index contributed by atoms with van der Waals surface area (Å²) in [6.45, 7) is 0. The molecule has 34 heavy (non-hydrogen) atoms. The number of rotatable bonds is 5. The number of imidazole rings is 1. The van der Waals surface area contributed by atoms with E-state index in [2.05, 4.69) is 16.0 Å². The predicted octanol–water partition coefficient (Wildman–Crippen LogP) is 6.22. The maximum absolute atomic E-state index is 14.5. The molecule has 166 valence electrons. The molecule has 3 aromatic carbocycles. The van der Waals surface area contributed by atoms with Crippen molar-refractivity contribution in [3.63, 3.8) is 0 Å². The molecule has 0 fully saturated rings. The van der Waals surface area contributed by atoms with Gasteiger partial charge in [-0.05, 0) is 48.4 Å². The first-order valence-corrected chi connectivity index (χ1v) is 11.0. The third kappa shape index (κ3) is 4.14. The standard InChI is InChI=1S/C27H17ClF2N4/c28-20-8-9-21(29)25(26(20)30)18-7-11-22(32-15-18)19(12-16-4-2-1-3-5-16)27-33-23-10-6-17(14-31)13-24(23)34-27/h1-11,13,15,19H,12H2,(H,33,34)/p+1. The van der Waals surface area contributed by atoms with Crippen LogP contribution in [0.25, 0.3) is 22.2 Å². The maximum atomic E-state index is 14.5. The quantitative estimate of drug-likeness (QED) is 0.309. The molecule has 2 heterocycles. The van der Waals surface area contributed by atoms with E-state index >= 15 is 0 Å². The molecular formula is C27H18ClF2N4+. The highest BCUT2D eigenvalue weighted by molar-refractivity contribution is 6.31. The van der Waals surface area contributed by atoms with Crippen LogP contribution in [-0.2, 0) is 6.42 Å². The normalized spacial score (nSPS) is 11.9. The van der Waals surface area contributed by atoms with Crippen molar-refractivity contribution in [2.75, 3.05) is 0 Å². The molecule has 0 radical (unpaired) electrons. The van der Waals surface area contributed by atoms with E-state index in [4.69, 9.17) is 16.6 Å². The highest BCUT2D eigenvalue weighted by atomic mass is 35.5. The Balaban J connectivity index is 1.57. The van der Waals surface area contributed by atoms with E-state index < -0.39 is 11.6 Å². The van der Waals surface area contributed by atoms with E-state index in [1.54, 1.807) is 30.5 Å². The van der Waals surface area contributed by atoms with Crippen molar-refractivity contribution in [2.24, 2.45) is 0 Å². The molecule has 0 spiro atoms. The zero-order valence-electron chi connectivity index (χ0n) is 17.8. The van der Waals surface area contributed by atoms with Gasteiger partial charge < -0.3 is 4.98 Å². The fourth-order valence-corrected chi connectivity index (χ4v) is 4.23. The van der Waals surface area contributed by atoms with Gasteiger partial charge in [-0.2, -0.15) is 5.26 Å². The minimum Gasteiger partial charge on any atom is -0.341 e. The predicted molar refractivity (Wildman–Crippen MR) is 126 cm³/mol. The summed E-state index contributed by atoms with van der Waals surface area (Å²) in [5, 5.41) is 9.07. The molecule has 5 aromatic rings. The van der Waals surface area contributed by atoms with Crippen LogP contribution in [0.1, 0.15) is 28.6 Å². The summed E-state index contributed by atoms with van der Waals surface area (Å²) in [5.74, 6) is -0.954. The van der Waals surface area contributed by atoms with Crippen LogP contribution in [0.2, 0.25) is 5.02 Å². The van der Waals surface area contributed by atoms with E-state index in [-0.39, 0.29) is 16.5 Å². The van der Waals surface area contributed by atoms with Gasteiger partial charge in [0.1, 0.15) is 17.6 Å². The van der Waals surface area contributed by atoms with Crippen molar-refractivity contribution in [1.29, 1.82) is 5.26 Å². The van der Waals surface area contributed by atoms with E-state index in [9.17, 15) is 14.0 Å². The lowest BCUT2D eigenvalue weighted by molar-refractivity contribution is -0.391. The number of pyridine rings is 1. The van der Waals surface area contributed by atoms with Crippen LogP contribution >= 0.6 is 11.6 Å². The summed E-state index contributed by atoms with van der Waals surface area (Å²) in [4.78, 5) is 11.3. The van der Waals surface area contributed by atoms with Gasteiger partial charge in [-0.15, -0.1) is 0 Å². The van der Waals surface area contributed by atoms with Crippen LogP contribution in [0.3, 0.4) is 0 Å². The van der Waals surface area contributed by atoms with Crippen LogP contribution in [0.4, 0.5) is 8.78 Å². The number of nitriles is 1. The third-order valence-electron chi connectivity index (χ3n) is 5.79. The zero-order valence-corrected chi connectivity index (χ0v) is 18.6. The first kappa shape index (κ1) is 21.7. The lowest BCUT2D eigenvalue weighted by Crippen LogP contribution is -2.19. The number of benzene rings is 3. The summed E-state index contributed by atoms with van der Waals surface area (Å²) in [5.41, 5.74) is 4.16. The smallest absolute Gasteiger partial charge is 0.190 e. The summed E-state index contributed by atoms with van der Waals surface area (Å²) in [6, 6.07) is 23.2. The molecule has 4 nitrogen and oxygen atoms in total. The zero-order chi connectivity index (χ0) is 23.7. The molecule has 1 unspecified atom stereocenters. The minimum absolute atomic E-state index is 0.138. The van der Waals surface area contributed by atoms with Crippen molar-refractivity contribution in [2.45, 2.75) is 12.3 Å². The average molecular weight is 472 g/mol. The number of fused-ring (bicyclic) bond motifs is 1. The van der Waals surface area contributed by atoms with Gasteiger partial charge in [-0.3, -0.25) is 0 Å². The summed E-state index contributed by atoms with van der Waals surface area (Å²) < 4.78 is 28.9. The molecule has 1 atom stereocenters. The molecule has 0 saturated carbocycles. The monoisotopic (exact) mass is 471 g/mol. The second-order valence-corrected chi connectivity index (χ2v) is 8.37. The third-order valence-corrected chi connectivity index (χ3v) is 6.08. The number of H-pyrrole nitrogens is 2. The van der Waals surface area contributed by atoms with Gasteiger partial charge in [-0.1, -0.05) is 41.9 Å². The van der Waals surface area contributed by atoms with Crippen molar-refractivity contribution < 1.29 is 13.8 Å². The Labute approximate surface area is 199 Å². The number of hydrogen-bond acceptors (Lipinski definition) is 2. The lowest BCUT2D eigenvalue weighted by Gasteiger charge is -2.12. The Kier molecular flexibility index (Phi) is 5.79. The SMILES string of the molecule is N#Cc1ccc2nc(C(Cc3ccccc3)c3ccc(-c4c(F)ccc(Cl)c4F)c[nH+]3)[nH]c2c1. The van der Waals surface area contributed by atoms with Gasteiger partial charge in [0, 0.05) is 6.07 Å². The van der Waals surface area contributed by atoms with Gasteiger partial charge in [0.2, 0.25) is 0 Å². The summed E-state index contributed by atoms with van der Waals surface area (Å²) in [6.07, 6.45) is 2.21. The second-order valence-electron chi connectivity index (χ2n) is 7.96. The number of aromatic amines is 2. The Morgan fingerprint density at radius 1 is 1.03 bits per heavy atom. The Hall–Kier alpha value is -4.08. The number of aromatic nitrogens is 3. The lowest BCUT2D eigenvalue weighted by atomic mass is 9.94. The van der Waals surface area contributed by atoms with Crippen molar-refractivity contribution in [3.8, 4) is 17.2 Å². The van der Waals surface area contributed by atoms with E-state index in [0.717, 1.165) is 34.2 Å². The van der Waals surface area contributed by atoms with Gasteiger partial charge >= 0.3 is 0 Å². The summed E-state index contributed by atoms with van der Waals surface area (Å²) in [7, 11) is 0. The molecule has 0 aliphatic carbocycles. The largest absolute Gasteiger partial charge is 0.341 e. The molecule has 2 N–H and O–H groups in total. The Morgan fingerprint density at radius 2 is 1.85 bits per heavy atom. The Bertz CT molecular complexity index is 1520. The van der Waals surface area contributed by atoms with Gasteiger partial charge in [0.05, 0.1) is 38.8 Å². The average Bonchev–Trinajstić information content (AvgIpc) is 3.29. The molecule has 0 bridgehead atoms. The maximum Gasteiger partial charge on any atom is 0.190 e. The van der Waals surface area contributed by atoms with Crippen molar-refractivity contribution in [1.82, 2.24) is 9.97 Å². The molecule has 0 saturated heterocycles. The van der Waals surface area contributed by atoms with Crippen LogP contribution in [0, 0.1) is 23.0 Å². The number of nitrogens with one attached hydrogen (secondary N) is 2. The van der Waals surface area contributed by atoms with Crippen LogP contribution in [-0.4, -0.2) is 9.97 Å². The fourth-order valence-electron chi connectivity index (χ4n) is 4.07. The highest BCUT2D eigenvalue weighted by Crippen LogP contribution is 2.31. The molecule has 0 amide bonds. The fraction of sp³-hybridized carbons (Fsp3) is 0.0741. The van der Waals surface area contributed by atoms with Crippen LogP contribution < -0.4 is 4.98 Å². The minimum atomic E-state index is -0.797. The van der Waals surface area contributed by atoms with E-state index in [1.165, 1.54) is 6.07 Å².